The first-order chi connectivity index (χ1) is 8.33. The van der Waals surface area contributed by atoms with Crippen LogP contribution in [0.1, 0.15) is 19.4 Å². The quantitative estimate of drug-likeness (QED) is 0.766. The van der Waals surface area contributed by atoms with Gasteiger partial charge in [0.05, 0.1) is 11.5 Å². The van der Waals surface area contributed by atoms with Crippen LogP contribution >= 0.6 is 11.8 Å². The molecule has 0 radical (unpaired) electrons. The van der Waals surface area contributed by atoms with Gasteiger partial charge in [0.25, 0.3) is 0 Å². The Kier molecular flexibility index (Phi) is 5.07. The van der Waals surface area contributed by atoms with Crippen LogP contribution in [-0.4, -0.2) is 17.9 Å². The Morgan fingerprint density at radius 3 is 2.56 bits per heavy atom. The van der Waals surface area contributed by atoms with Crippen LogP contribution in [0, 0.1) is 0 Å². The van der Waals surface area contributed by atoms with Crippen molar-refractivity contribution >= 4 is 17.5 Å². The molecule has 0 aliphatic carbocycles. The summed E-state index contributed by atoms with van der Waals surface area (Å²) in [5, 5.41) is 0. The molecule has 100 valence electrons. The molecule has 0 saturated heterocycles. The summed E-state index contributed by atoms with van der Waals surface area (Å²) in [6, 6.07) is 4.57. The van der Waals surface area contributed by atoms with E-state index in [0.717, 1.165) is 0 Å². The van der Waals surface area contributed by atoms with E-state index in [2.05, 4.69) is 0 Å². The van der Waals surface area contributed by atoms with E-state index < -0.39 is 5.51 Å². The predicted octanol–water partition coefficient (Wildman–Crippen LogP) is 3.83. The van der Waals surface area contributed by atoms with Crippen molar-refractivity contribution in [1.82, 2.24) is 0 Å². The number of ether oxygens (including phenoxy) is 1. The van der Waals surface area contributed by atoms with Gasteiger partial charge < -0.3 is 4.74 Å². The van der Waals surface area contributed by atoms with Gasteiger partial charge in [-0.25, -0.2) is 0 Å². The third-order valence-electron chi connectivity index (χ3n) is 2.02. The predicted molar refractivity (Wildman–Crippen MR) is 63.9 cm³/mol. The molecule has 0 atom stereocenters. The maximum Gasteiger partial charge on any atom is 0.446 e. The molecule has 1 rings (SSSR count). The molecule has 0 spiro atoms. The number of benzene rings is 1. The maximum atomic E-state index is 12.5. The number of thioether (sulfide) groups is 1. The Morgan fingerprint density at radius 1 is 1.39 bits per heavy atom. The van der Waals surface area contributed by atoms with Crippen LogP contribution in [0.3, 0.4) is 0 Å². The van der Waals surface area contributed by atoms with E-state index in [0.29, 0.717) is 5.56 Å². The first kappa shape index (κ1) is 14.9. The highest BCUT2D eigenvalue weighted by Crippen LogP contribution is 2.43. The highest BCUT2D eigenvalue weighted by molar-refractivity contribution is 8.00. The zero-order valence-corrected chi connectivity index (χ0v) is 10.8. The average Bonchev–Trinajstić information content (AvgIpc) is 2.20. The van der Waals surface area contributed by atoms with E-state index in [1.807, 2.05) is 0 Å². The van der Waals surface area contributed by atoms with Crippen molar-refractivity contribution in [3.63, 3.8) is 0 Å². The fraction of sp³-hybridized carbons (Fsp3) is 0.417. The largest absolute Gasteiger partial charge is 0.493 e. The van der Waals surface area contributed by atoms with Crippen molar-refractivity contribution in [2.45, 2.75) is 30.7 Å². The minimum Gasteiger partial charge on any atom is -0.493 e. The van der Waals surface area contributed by atoms with Gasteiger partial charge in [0, 0.05) is 6.42 Å². The molecule has 0 unspecified atom stereocenters. The second kappa shape index (κ2) is 6.13. The molecule has 0 aliphatic heterocycles. The Morgan fingerprint density at radius 2 is 2.06 bits per heavy atom. The molecule has 1 aromatic carbocycles. The van der Waals surface area contributed by atoms with E-state index in [4.69, 9.17) is 4.74 Å². The monoisotopic (exact) mass is 278 g/mol. The van der Waals surface area contributed by atoms with Crippen molar-refractivity contribution in [3.05, 3.63) is 23.8 Å². The summed E-state index contributed by atoms with van der Waals surface area (Å²) >= 11 is -0.241. The summed E-state index contributed by atoms with van der Waals surface area (Å²) in [6.45, 7) is 3.31. The number of Topliss-reactive ketones (excluding diaryl/α,β-unsaturated/α-hetero) is 1. The van der Waals surface area contributed by atoms with Crippen LogP contribution in [0.25, 0.3) is 0 Å². The van der Waals surface area contributed by atoms with Crippen molar-refractivity contribution in [3.8, 4) is 5.75 Å². The van der Waals surface area contributed by atoms with Gasteiger partial charge in [-0.1, -0.05) is 12.1 Å². The second-order valence-corrected chi connectivity index (χ2v) is 4.68. The summed E-state index contributed by atoms with van der Waals surface area (Å²) < 4.78 is 42.7. The van der Waals surface area contributed by atoms with Gasteiger partial charge in [-0.3, -0.25) is 4.79 Å². The highest BCUT2D eigenvalue weighted by atomic mass is 32.2. The molecule has 0 bridgehead atoms. The minimum absolute atomic E-state index is 0.0259. The molecule has 0 amide bonds. The summed E-state index contributed by atoms with van der Waals surface area (Å²) in [5.74, 6) is -0.0220. The van der Waals surface area contributed by atoms with Gasteiger partial charge in [-0.2, -0.15) is 13.2 Å². The third-order valence-corrected chi connectivity index (χ3v) is 2.92. The van der Waals surface area contributed by atoms with Crippen LogP contribution in [0.2, 0.25) is 0 Å². The first-order valence-electron chi connectivity index (χ1n) is 5.33. The van der Waals surface area contributed by atoms with Gasteiger partial charge in [0.15, 0.2) is 0 Å². The number of carbonyl (C=O) groups excluding carboxylic acids is 1. The molecule has 6 heteroatoms. The number of carbonyl (C=O) groups is 1. The number of ketones is 1. The molecule has 0 aromatic heterocycles. The van der Waals surface area contributed by atoms with Crippen LogP contribution < -0.4 is 4.74 Å². The van der Waals surface area contributed by atoms with E-state index in [1.54, 1.807) is 13.0 Å². The van der Waals surface area contributed by atoms with Gasteiger partial charge in [-0.15, -0.1) is 0 Å². The minimum atomic E-state index is -4.40. The highest BCUT2D eigenvalue weighted by Gasteiger charge is 2.32. The molecule has 0 heterocycles. The lowest BCUT2D eigenvalue weighted by Gasteiger charge is -2.15. The summed E-state index contributed by atoms with van der Waals surface area (Å²) in [5.41, 5.74) is -4.06. The summed E-state index contributed by atoms with van der Waals surface area (Å²) in [7, 11) is 0. The Labute approximate surface area is 108 Å². The van der Waals surface area contributed by atoms with E-state index in [1.165, 1.54) is 19.1 Å². The molecular weight excluding hydrogens is 265 g/mol. The van der Waals surface area contributed by atoms with Crippen molar-refractivity contribution in [2.24, 2.45) is 0 Å². The molecule has 0 N–H and O–H groups in total. The molecule has 0 fully saturated rings. The Hall–Kier alpha value is -1.17. The van der Waals surface area contributed by atoms with Gasteiger partial charge in [-0.05, 0) is 37.2 Å². The lowest BCUT2D eigenvalue weighted by molar-refractivity contribution is -0.116. The second-order valence-electron chi connectivity index (χ2n) is 3.60. The van der Waals surface area contributed by atoms with Crippen LogP contribution in [0.5, 0.6) is 5.75 Å². The summed E-state index contributed by atoms with van der Waals surface area (Å²) in [6.07, 6.45) is -0.0284. The maximum absolute atomic E-state index is 12.5. The van der Waals surface area contributed by atoms with Gasteiger partial charge in [0.2, 0.25) is 0 Å². The third kappa shape index (κ3) is 4.60. The lowest BCUT2D eigenvalue weighted by Crippen LogP contribution is -2.06. The van der Waals surface area contributed by atoms with Crippen molar-refractivity contribution in [1.29, 1.82) is 0 Å². The average molecular weight is 278 g/mol. The molecule has 0 saturated carbocycles. The fourth-order valence-corrected chi connectivity index (χ4v) is 2.20. The molecule has 1 aromatic rings. The van der Waals surface area contributed by atoms with Crippen molar-refractivity contribution < 1.29 is 22.7 Å². The van der Waals surface area contributed by atoms with E-state index >= 15 is 0 Å². The molecule has 0 aliphatic rings. The van der Waals surface area contributed by atoms with E-state index in [9.17, 15) is 18.0 Å². The zero-order valence-electron chi connectivity index (χ0n) is 10.0. The number of rotatable bonds is 5. The Bertz CT molecular complexity index is 430. The van der Waals surface area contributed by atoms with Crippen LogP contribution in [0.4, 0.5) is 13.2 Å². The van der Waals surface area contributed by atoms with Crippen LogP contribution in [0.15, 0.2) is 23.1 Å². The number of hydrogen-bond acceptors (Lipinski definition) is 3. The number of alkyl halides is 3. The zero-order chi connectivity index (χ0) is 13.8. The lowest BCUT2D eigenvalue weighted by atomic mass is 10.1. The normalized spacial score (nSPS) is 11.4. The fourth-order valence-electron chi connectivity index (χ4n) is 1.47. The number of halogens is 3. The standard InChI is InChI=1S/C12H13F3O2S/c1-3-17-10-6-4-5-9(7-8(2)16)11(10)18-12(13,14)15/h4-6H,3,7H2,1-2H3. The van der Waals surface area contributed by atoms with Crippen LogP contribution in [-0.2, 0) is 11.2 Å². The molecule has 18 heavy (non-hydrogen) atoms. The topological polar surface area (TPSA) is 26.3 Å². The molecule has 2 nitrogen and oxygen atoms in total. The molecular formula is C12H13F3O2S. The van der Waals surface area contributed by atoms with Crippen molar-refractivity contribution in [2.75, 3.05) is 6.61 Å². The SMILES string of the molecule is CCOc1cccc(CC(C)=O)c1SC(F)(F)F. The van der Waals surface area contributed by atoms with Gasteiger partial charge >= 0.3 is 5.51 Å². The smallest absolute Gasteiger partial charge is 0.446 e. The first-order valence-corrected chi connectivity index (χ1v) is 6.15. The van der Waals surface area contributed by atoms with E-state index in [-0.39, 0.29) is 41.2 Å². The van der Waals surface area contributed by atoms with Gasteiger partial charge in [0.1, 0.15) is 11.5 Å². The number of hydrogen-bond donors (Lipinski definition) is 0. The summed E-state index contributed by atoms with van der Waals surface area (Å²) in [4.78, 5) is 11.0. The Balaban J connectivity index is 3.15.